The van der Waals surface area contributed by atoms with Crippen molar-refractivity contribution in [2.24, 2.45) is 5.92 Å². The Morgan fingerprint density at radius 3 is 2.41 bits per heavy atom. The summed E-state index contributed by atoms with van der Waals surface area (Å²) < 4.78 is 13.0. The van der Waals surface area contributed by atoms with E-state index in [-0.39, 0.29) is 24.1 Å². The molecule has 0 spiro atoms. The first-order valence-electron chi connectivity index (χ1n) is 7.13. The van der Waals surface area contributed by atoms with Crippen LogP contribution in [0.2, 0.25) is 0 Å². The quantitative estimate of drug-likeness (QED) is 0.757. The molecular weight excluding hydrogens is 283 g/mol. The number of carbonyl (C=O) groups is 2. The zero-order valence-corrected chi connectivity index (χ0v) is 12.4. The van der Waals surface area contributed by atoms with Gasteiger partial charge in [0.25, 0.3) is 0 Å². The highest BCUT2D eigenvalue weighted by Crippen LogP contribution is 2.26. The molecule has 0 N–H and O–H groups in total. The second kappa shape index (κ2) is 7.02. The molecule has 0 bridgehead atoms. The lowest BCUT2D eigenvalue weighted by Gasteiger charge is -2.23. The molecule has 1 aromatic carbocycles. The molecule has 2 rings (SSSR count). The Kier molecular flexibility index (Phi) is 5.09. The van der Waals surface area contributed by atoms with Crippen molar-refractivity contribution in [1.82, 2.24) is 4.90 Å². The topological polar surface area (TPSA) is 40.6 Å². The Balaban J connectivity index is 2.10. The normalized spacial score (nSPS) is 17.4. The highest BCUT2D eigenvalue weighted by atomic mass is 19.1. The van der Waals surface area contributed by atoms with Gasteiger partial charge >= 0.3 is 0 Å². The summed E-state index contributed by atoms with van der Waals surface area (Å²) in [6, 6.07) is 5.70. The molecule has 1 heterocycles. The van der Waals surface area contributed by atoms with Gasteiger partial charge in [-0.25, -0.2) is 4.39 Å². The van der Waals surface area contributed by atoms with Crippen LogP contribution in [0, 0.1) is 11.7 Å². The molecule has 0 aliphatic carbocycles. The van der Waals surface area contributed by atoms with Crippen molar-refractivity contribution in [2.45, 2.75) is 6.42 Å². The molecule has 0 aromatic heterocycles. The van der Waals surface area contributed by atoms with E-state index in [0.29, 0.717) is 25.3 Å². The first-order chi connectivity index (χ1) is 10.6. The number of rotatable bonds is 6. The fourth-order valence-corrected chi connectivity index (χ4v) is 2.57. The molecular formula is C17H19FN2O2. The fourth-order valence-electron chi connectivity index (χ4n) is 2.57. The lowest BCUT2D eigenvalue weighted by molar-refractivity contribution is -0.134. The zero-order chi connectivity index (χ0) is 16.1. The molecule has 22 heavy (non-hydrogen) atoms. The van der Waals surface area contributed by atoms with Crippen LogP contribution in [-0.4, -0.2) is 36.3 Å². The van der Waals surface area contributed by atoms with Crippen molar-refractivity contribution >= 4 is 17.5 Å². The molecule has 0 unspecified atom stereocenters. The number of nitrogens with zero attached hydrogens (tertiary/aromatic N) is 2. The van der Waals surface area contributed by atoms with E-state index in [1.165, 1.54) is 17.0 Å². The third-order valence-corrected chi connectivity index (χ3v) is 3.62. The summed E-state index contributed by atoms with van der Waals surface area (Å²) in [6.45, 7) is 8.43. The van der Waals surface area contributed by atoms with E-state index in [1.54, 1.807) is 29.2 Å². The third-order valence-electron chi connectivity index (χ3n) is 3.62. The number of hydrogen-bond acceptors (Lipinski definition) is 2. The smallest absolute Gasteiger partial charge is 0.228 e. The number of benzene rings is 1. The minimum absolute atomic E-state index is 0.0854. The van der Waals surface area contributed by atoms with E-state index in [2.05, 4.69) is 13.2 Å². The van der Waals surface area contributed by atoms with Gasteiger partial charge in [0.15, 0.2) is 0 Å². The van der Waals surface area contributed by atoms with Crippen molar-refractivity contribution in [3.8, 4) is 0 Å². The minimum Gasteiger partial charge on any atom is -0.335 e. The average molecular weight is 302 g/mol. The molecule has 116 valence electrons. The van der Waals surface area contributed by atoms with Gasteiger partial charge in [0.05, 0.1) is 5.92 Å². The van der Waals surface area contributed by atoms with E-state index in [1.807, 2.05) is 0 Å². The van der Waals surface area contributed by atoms with E-state index in [9.17, 15) is 14.0 Å². The molecule has 2 amide bonds. The predicted octanol–water partition coefficient (Wildman–Crippen LogP) is 2.38. The van der Waals surface area contributed by atoms with Crippen LogP contribution in [0.15, 0.2) is 49.6 Å². The Labute approximate surface area is 129 Å². The first-order valence-corrected chi connectivity index (χ1v) is 7.13. The fraction of sp³-hybridized carbons (Fsp3) is 0.294. The summed E-state index contributed by atoms with van der Waals surface area (Å²) >= 11 is 0. The summed E-state index contributed by atoms with van der Waals surface area (Å²) in [5.41, 5.74) is 0.612. The molecule has 1 saturated heterocycles. The zero-order valence-electron chi connectivity index (χ0n) is 12.4. The van der Waals surface area contributed by atoms with Gasteiger partial charge in [-0.05, 0) is 24.3 Å². The summed E-state index contributed by atoms with van der Waals surface area (Å²) in [7, 11) is 0. The van der Waals surface area contributed by atoms with Gasteiger partial charge in [0, 0.05) is 31.7 Å². The maximum Gasteiger partial charge on any atom is 0.228 e. The standard InChI is InChI=1S/C17H19FN2O2/c1-3-9-19(10-4-2)17(22)13-11-16(21)20(12-13)15-7-5-14(18)6-8-15/h3-8,13H,1-2,9-12H2/t13-/m1/s1. The number of amides is 2. The average Bonchev–Trinajstić information content (AvgIpc) is 2.89. The van der Waals surface area contributed by atoms with Crippen LogP contribution in [0.1, 0.15) is 6.42 Å². The Hall–Kier alpha value is -2.43. The van der Waals surface area contributed by atoms with E-state index in [0.717, 1.165) is 0 Å². The van der Waals surface area contributed by atoms with Crippen LogP contribution < -0.4 is 4.90 Å². The molecule has 1 aliphatic rings. The molecule has 5 heteroatoms. The van der Waals surface area contributed by atoms with Gasteiger partial charge in [-0.3, -0.25) is 9.59 Å². The van der Waals surface area contributed by atoms with Crippen molar-refractivity contribution in [3.63, 3.8) is 0 Å². The number of carbonyl (C=O) groups excluding carboxylic acids is 2. The largest absolute Gasteiger partial charge is 0.335 e. The molecule has 4 nitrogen and oxygen atoms in total. The number of halogens is 1. The molecule has 0 radical (unpaired) electrons. The maximum absolute atomic E-state index is 13.0. The molecule has 1 fully saturated rings. The van der Waals surface area contributed by atoms with E-state index >= 15 is 0 Å². The van der Waals surface area contributed by atoms with Gasteiger partial charge < -0.3 is 9.80 Å². The Morgan fingerprint density at radius 2 is 1.86 bits per heavy atom. The van der Waals surface area contributed by atoms with Crippen LogP contribution in [0.4, 0.5) is 10.1 Å². The van der Waals surface area contributed by atoms with Crippen LogP contribution in [0.3, 0.4) is 0 Å². The lowest BCUT2D eigenvalue weighted by Crippen LogP contribution is -2.37. The second-order valence-electron chi connectivity index (χ2n) is 5.20. The Bertz CT molecular complexity index is 573. The first kappa shape index (κ1) is 15.9. The van der Waals surface area contributed by atoms with Crippen molar-refractivity contribution in [2.75, 3.05) is 24.5 Å². The Morgan fingerprint density at radius 1 is 1.27 bits per heavy atom. The summed E-state index contributed by atoms with van der Waals surface area (Å²) in [6.07, 6.45) is 3.47. The maximum atomic E-state index is 13.0. The van der Waals surface area contributed by atoms with Crippen molar-refractivity contribution in [3.05, 3.63) is 55.4 Å². The minimum atomic E-state index is -0.391. The highest BCUT2D eigenvalue weighted by molar-refractivity contribution is 6.00. The molecule has 1 aliphatic heterocycles. The summed E-state index contributed by atoms with van der Waals surface area (Å²) in [5.74, 6) is -0.955. The van der Waals surface area contributed by atoms with Gasteiger partial charge in [-0.15, -0.1) is 13.2 Å². The van der Waals surface area contributed by atoms with E-state index in [4.69, 9.17) is 0 Å². The SMILES string of the molecule is C=CCN(CC=C)C(=O)[C@@H]1CC(=O)N(c2ccc(F)cc2)C1. The molecule has 1 atom stereocenters. The van der Waals surface area contributed by atoms with Gasteiger partial charge in [0.2, 0.25) is 11.8 Å². The van der Waals surface area contributed by atoms with E-state index < -0.39 is 5.92 Å². The van der Waals surface area contributed by atoms with Crippen molar-refractivity contribution in [1.29, 1.82) is 0 Å². The third kappa shape index (κ3) is 3.42. The summed E-state index contributed by atoms with van der Waals surface area (Å²) in [5, 5.41) is 0. The monoisotopic (exact) mass is 302 g/mol. The predicted molar refractivity (Wildman–Crippen MR) is 83.8 cm³/mol. The van der Waals surface area contributed by atoms with Crippen molar-refractivity contribution < 1.29 is 14.0 Å². The molecule has 1 aromatic rings. The van der Waals surface area contributed by atoms with Gasteiger partial charge in [0.1, 0.15) is 5.82 Å². The van der Waals surface area contributed by atoms with Crippen LogP contribution in [0.5, 0.6) is 0 Å². The second-order valence-corrected chi connectivity index (χ2v) is 5.20. The van der Waals surface area contributed by atoms with Crippen LogP contribution >= 0.6 is 0 Å². The molecule has 0 saturated carbocycles. The number of anilines is 1. The summed E-state index contributed by atoms with van der Waals surface area (Å²) in [4.78, 5) is 27.8. The van der Waals surface area contributed by atoms with Crippen LogP contribution in [0.25, 0.3) is 0 Å². The lowest BCUT2D eigenvalue weighted by atomic mass is 10.1. The highest BCUT2D eigenvalue weighted by Gasteiger charge is 2.36. The van der Waals surface area contributed by atoms with Gasteiger partial charge in [-0.1, -0.05) is 12.2 Å². The number of hydrogen-bond donors (Lipinski definition) is 0. The van der Waals surface area contributed by atoms with Crippen LogP contribution in [-0.2, 0) is 9.59 Å². The van der Waals surface area contributed by atoms with Gasteiger partial charge in [-0.2, -0.15) is 0 Å².